The van der Waals surface area contributed by atoms with E-state index in [-0.39, 0.29) is 19.0 Å². The largest absolute Gasteiger partial charge is 0.338 e. The van der Waals surface area contributed by atoms with Gasteiger partial charge in [-0.15, -0.1) is 0 Å². The third kappa shape index (κ3) is 4.07. The summed E-state index contributed by atoms with van der Waals surface area (Å²) in [4.78, 5) is 13.4. The Labute approximate surface area is 106 Å². The summed E-state index contributed by atoms with van der Waals surface area (Å²) < 4.78 is 25.8. The van der Waals surface area contributed by atoms with Crippen molar-refractivity contribution in [3.8, 4) is 0 Å². The number of carbonyl (C=O) groups excluding carboxylic acids is 1. The molecule has 0 unspecified atom stereocenters. The quantitative estimate of drug-likeness (QED) is 0.843. The molecule has 0 spiro atoms. The lowest BCUT2D eigenvalue weighted by molar-refractivity contribution is -0.130. The highest BCUT2D eigenvalue weighted by Gasteiger charge is 2.12. The van der Waals surface area contributed by atoms with Gasteiger partial charge in [-0.05, 0) is 31.2 Å². The van der Waals surface area contributed by atoms with E-state index in [1.807, 2.05) is 13.8 Å². The fourth-order valence-electron chi connectivity index (χ4n) is 1.58. The fraction of sp³-hybridized carbons (Fsp3) is 0.462. The number of halogens is 2. The molecule has 0 heterocycles. The summed E-state index contributed by atoms with van der Waals surface area (Å²) in [5.41, 5.74) is 0.584. The zero-order chi connectivity index (χ0) is 13.5. The normalized spacial score (nSPS) is 10.4. The van der Waals surface area contributed by atoms with Gasteiger partial charge in [-0.2, -0.15) is 0 Å². The molecule has 100 valence electrons. The molecule has 0 bridgehead atoms. The van der Waals surface area contributed by atoms with Gasteiger partial charge < -0.3 is 10.2 Å². The molecule has 0 saturated carbocycles. The van der Waals surface area contributed by atoms with Gasteiger partial charge in [0, 0.05) is 13.1 Å². The first-order chi connectivity index (χ1) is 8.58. The van der Waals surface area contributed by atoms with Gasteiger partial charge in [-0.25, -0.2) is 8.78 Å². The molecule has 0 radical (unpaired) electrons. The first kappa shape index (κ1) is 14.6. The molecular formula is C13H18F2N2O. The zero-order valence-corrected chi connectivity index (χ0v) is 10.7. The van der Waals surface area contributed by atoms with E-state index in [2.05, 4.69) is 5.32 Å². The van der Waals surface area contributed by atoms with Crippen LogP contribution in [-0.4, -0.2) is 30.4 Å². The smallest absolute Gasteiger partial charge is 0.236 e. The van der Waals surface area contributed by atoms with Gasteiger partial charge >= 0.3 is 0 Å². The Bertz CT molecular complexity index is 410. The summed E-state index contributed by atoms with van der Waals surface area (Å²) in [5, 5.41) is 2.94. The van der Waals surface area contributed by atoms with E-state index < -0.39 is 11.6 Å². The van der Waals surface area contributed by atoms with Gasteiger partial charge in [0.25, 0.3) is 0 Å². The third-order valence-electron chi connectivity index (χ3n) is 2.62. The molecule has 0 saturated heterocycles. The number of nitrogens with one attached hydrogen (secondary N) is 1. The van der Waals surface area contributed by atoms with Crippen molar-refractivity contribution in [1.82, 2.24) is 10.2 Å². The molecule has 1 aromatic rings. The van der Waals surface area contributed by atoms with Crippen molar-refractivity contribution in [2.24, 2.45) is 0 Å². The molecule has 3 nitrogen and oxygen atoms in total. The lowest BCUT2D eigenvalue weighted by Gasteiger charge is -2.21. The number of rotatable bonds is 6. The Morgan fingerprint density at radius 1 is 1.28 bits per heavy atom. The molecule has 0 aliphatic rings. The monoisotopic (exact) mass is 256 g/mol. The second-order valence-corrected chi connectivity index (χ2v) is 3.94. The summed E-state index contributed by atoms with van der Waals surface area (Å²) in [6.45, 7) is 5.56. The molecule has 0 fully saturated rings. The lowest BCUT2D eigenvalue weighted by Crippen LogP contribution is -2.37. The first-order valence-corrected chi connectivity index (χ1v) is 6.00. The van der Waals surface area contributed by atoms with Gasteiger partial charge in [0.15, 0.2) is 11.6 Å². The van der Waals surface area contributed by atoms with E-state index in [9.17, 15) is 13.6 Å². The van der Waals surface area contributed by atoms with E-state index in [1.165, 1.54) is 6.07 Å². The molecule has 0 aliphatic heterocycles. The van der Waals surface area contributed by atoms with E-state index in [1.54, 1.807) is 4.90 Å². The van der Waals surface area contributed by atoms with Crippen LogP contribution < -0.4 is 5.32 Å². The SMILES string of the molecule is CCNCC(=O)N(CC)Cc1ccc(F)c(F)c1. The molecule has 1 amide bonds. The van der Waals surface area contributed by atoms with Gasteiger partial charge in [0.1, 0.15) is 0 Å². The van der Waals surface area contributed by atoms with E-state index >= 15 is 0 Å². The van der Waals surface area contributed by atoms with Crippen molar-refractivity contribution in [2.75, 3.05) is 19.6 Å². The minimum Gasteiger partial charge on any atom is -0.338 e. The number of carbonyl (C=O) groups is 1. The minimum absolute atomic E-state index is 0.0518. The van der Waals surface area contributed by atoms with Crippen LogP contribution in [0.2, 0.25) is 0 Å². The van der Waals surface area contributed by atoms with Crippen LogP contribution in [0.5, 0.6) is 0 Å². The molecule has 0 aliphatic carbocycles. The van der Waals surface area contributed by atoms with E-state index in [4.69, 9.17) is 0 Å². The zero-order valence-electron chi connectivity index (χ0n) is 10.7. The van der Waals surface area contributed by atoms with Crippen LogP contribution in [0.3, 0.4) is 0 Å². The number of benzene rings is 1. The van der Waals surface area contributed by atoms with Crippen molar-refractivity contribution in [3.63, 3.8) is 0 Å². The van der Waals surface area contributed by atoms with Crippen molar-refractivity contribution < 1.29 is 13.6 Å². The summed E-state index contributed by atoms with van der Waals surface area (Å²) in [7, 11) is 0. The topological polar surface area (TPSA) is 32.3 Å². The van der Waals surface area contributed by atoms with Crippen molar-refractivity contribution in [3.05, 3.63) is 35.4 Å². The number of hydrogen-bond donors (Lipinski definition) is 1. The van der Waals surface area contributed by atoms with Crippen molar-refractivity contribution in [1.29, 1.82) is 0 Å². The van der Waals surface area contributed by atoms with Gasteiger partial charge in [0.2, 0.25) is 5.91 Å². The Hall–Kier alpha value is -1.49. The summed E-state index contributed by atoms with van der Waals surface area (Å²) in [6.07, 6.45) is 0. The van der Waals surface area contributed by atoms with Crippen LogP contribution >= 0.6 is 0 Å². The molecule has 1 N–H and O–H groups in total. The maximum Gasteiger partial charge on any atom is 0.236 e. The third-order valence-corrected chi connectivity index (χ3v) is 2.62. The van der Waals surface area contributed by atoms with Crippen molar-refractivity contribution in [2.45, 2.75) is 20.4 Å². The second-order valence-electron chi connectivity index (χ2n) is 3.94. The van der Waals surface area contributed by atoms with Crippen LogP contribution in [0.25, 0.3) is 0 Å². The highest BCUT2D eigenvalue weighted by atomic mass is 19.2. The fourth-order valence-corrected chi connectivity index (χ4v) is 1.58. The number of nitrogens with zero attached hydrogens (tertiary/aromatic N) is 1. The van der Waals surface area contributed by atoms with E-state index in [0.717, 1.165) is 12.1 Å². The standard InChI is InChI=1S/C13H18F2N2O/c1-3-16-8-13(18)17(4-2)9-10-5-6-11(14)12(15)7-10/h5-7,16H,3-4,8-9H2,1-2H3. The van der Waals surface area contributed by atoms with E-state index in [0.29, 0.717) is 18.7 Å². The van der Waals surface area contributed by atoms with Crippen LogP contribution in [0.4, 0.5) is 8.78 Å². The second kappa shape index (κ2) is 7.06. The summed E-state index contributed by atoms with van der Waals surface area (Å²) >= 11 is 0. The molecule has 1 aromatic carbocycles. The first-order valence-electron chi connectivity index (χ1n) is 6.00. The summed E-state index contributed by atoms with van der Waals surface area (Å²) in [6, 6.07) is 3.69. The molecule has 0 atom stereocenters. The van der Waals surface area contributed by atoms with Crippen LogP contribution in [-0.2, 0) is 11.3 Å². The molecule has 5 heteroatoms. The average molecular weight is 256 g/mol. The highest BCUT2D eigenvalue weighted by molar-refractivity contribution is 5.78. The number of likely N-dealkylation sites (N-methyl/N-ethyl adjacent to an activating group) is 2. The summed E-state index contributed by atoms with van der Waals surface area (Å²) in [5.74, 6) is -1.81. The Kier molecular flexibility index (Phi) is 5.71. The molecular weight excluding hydrogens is 238 g/mol. The van der Waals surface area contributed by atoms with Gasteiger partial charge in [-0.3, -0.25) is 4.79 Å². The molecule has 18 heavy (non-hydrogen) atoms. The Morgan fingerprint density at radius 3 is 2.56 bits per heavy atom. The minimum atomic E-state index is -0.886. The van der Waals surface area contributed by atoms with Crippen LogP contribution in [0, 0.1) is 11.6 Å². The van der Waals surface area contributed by atoms with Crippen molar-refractivity contribution >= 4 is 5.91 Å². The highest BCUT2D eigenvalue weighted by Crippen LogP contribution is 2.11. The Balaban J connectivity index is 2.67. The van der Waals surface area contributed by atoms with Gasteiger partial charge in [0.05, 0.1) is 6.54 Å². The maximum atomic E-state index is 13.0. The predicted molar refractivity (Wildman–Crippen MR) is 66.0 cm³/mol. The maximum absolute atomic E-state index is 13.0. The molecule has 1 rings (SSSR count). The number of hydrogen-bond acceptors (Lipinski definition) is 2. The van der Waals surface area contributed by atoms with Gasteiger partial charge in [-0.1, -0.05) is 13.0 Å². The Morgan fingerprint density at radius 2 is 2.00 bits per heavy atom. The number of amides is 1. The van der Waals surface area contributed by atoms with Crippen LogP contribution in [0.15, 0.2) is 18.2 Å². The van der Waals surface area contributed by atoms with Crippen LogP contribution in [0.1, 0.15) is 19.4 Å². The molecule has 0 aromatic heterocycles. The average Bonchev–Trinajstić information content (AvgIpc) is 2.37. The predicted octanol–water partition coefficient (Wildman–Crippen LogP) is 1.92. The lowest BCUT2D eigenvalue weighted by atomic mass is 10.2.